The van der Waals surface area contributed by atoms with E-state index in [1.807, 2.05) is 43.3 Å². The van der Waals surface area contributed by atoms with Gasteiger partial charge in [-0.05, 0) is 18.1 Å². The molecule has 0 aliphatic carbocycles. The van der Waals surface area contributed by atoms with E-state index in [1.54, 1.807) is 0 Å². The molecule has 2 heteroatoms. The van der Waals surface area contributed by atoms with Crippen LogP contribution in [0.4, 0.5) is 0 Å². The maximum atomic E-state index is 6.40. The van der Waals surface area contributed by atoms with Gasteiger partial charge in [0.05, 0.1) is 0 Å². The van der Waals surface area contributed by atoms with Gasteiger partial charge in [-0.3, -0.25) is 0 Å². The van der Waals surface area contributed by atoms with E-state index in [9.17, 15) is 0 Å². The Hall–Kier alpha value is -1.64. The smallest absolute Gasteiger partial charge is 0.0360 e. The Labute approximate surface area is 109 Å². The second kappa shape index (κ2) is 5.34. The van der Waals surface area contributed by atoms with Crippen LogP contribution in [-0.2, 0) is 0 Å². The van der Waals surface area contributed by atoms with Crippen LogP contribution in [-0.4, -0.2) is 12.1 Å². The average molecular weight is 240 g/mol. The first-order valence-electron chi connectivity index (χ1n) is 6.24. The summed E-state index contributed by atoms with van der Waals surface area (Å²) in [6.07, 6.45) is 0. The standard InChI is InChI=1S/C16H20N2/c1-16(18,12-17)15(13-8-4-2-5-9-13)14-10-6-3-7-11-14/h2-11,15H,12,17-18H2,1H3. The summed E-state index contributed by atoms with van der Waals surface area (Å²) in [6.45, 7) is 2.46. The monoisotopic (exact) mass is 240 g/mol. The van der Waals surface area contributed by atoms with Gasteiger partial charge in [0.1, 0.15) is 0 Å². The van der Waals surface area contributed by atoms with Crippen molar-refractivity contribution in [2.45, 2.75) is 18.4 Å². The number of rotatable bonds is 4. The van der Waals surface area contributed by atoms with E-state index in [2.05, 4.69) is 24.3 Å². The van der Waals surface area contributed by atoms with Gasteiger partial charge in [-0.15, -0.1) is 0 Å². The van der Waals surface area contributed by atoms with Gasteiger partial charge >= 0.3 is 0 Å². The van der Waals surface area contributed by atoms with Crippen molar-refractivity contribution in [1.82, 2.24) is 0 Å². The van der Waals surface area contributed by atoms with Crippen molar-refractivity contribution >= 4 is 0 Å². The van der Waals surface area contributed by atoms with E-state index in [0.29, 0.717) is 6.54 Å². The van der Waals surface area contributed by atoms with Crippen molar-refractivity contribution in [2.75, 3.05) is 6.54 Å². The van der Waals surface area contributed by atoms with Crippen LogP contribution in [0.1, 0.15) is 24.0 Å². The molecule has 0 aliphatic heterocycles. The highest BCUT2D eigenvalue weighted by Gasteiger charge is 2.31. The molecule has 2 aromatic carbocycles. The van der Waals surface area contributed by atoms with Gasteiger partial charge in [0, 0.05) is 18.0 Å². The van der Waals surface area contributed by atoms with Crippen LogP contribution in [0.3, 0.4) is 0 Å². The maximum absolute atomic E-state index is 6.40. The zero-order valence-electron chi connectivity index (χ0n) is 10.7. The van der Waals surface area contributed by atoms with E-state index in [1.165, 1.54) is 11.1 Å². The molecule has 4 N–H and O–H groups in total. The molecule has 0 saturated heterocycles. The van der Waals surface area contributed by atoms with Gasteiger partial charge in [-0.1, -0.05) is 60.7 Å². The fraction of sp³-hybridized carbons (Fsp3) is 0.250. The van der Waals surface area contributed by atoms with E-state index >= 15 is 0 Å². The summed E-state index contributed by atoms with van der Waals surface area (Å²) in [6, 6.07) is 20.6. The fourth-order valence-electron chi connectivity index (χ4n) is 2.36. The third-order valence-corrected chi connectivity index (χ3v) is 3.37. The molecular weight excluding hydrogens is 220 g/mol. The molecule has 0 fully saturated rings. The molecule has 0 spiro atoms. The van der Waals surface area contributed by atoms with Crippen molar-refractivity contribution < 1.29 is 0 Å². The van der Waals surface area contributed by atoms with E-state index in [4.69, 9.17) is 11.5 Å². The molecule has 18 heavy (non-hydrogen) atoms. The zero-order chi connectivity index (χ0) is 13.0. The summed E-state index contributed by atoms with van der Waals surface area (Å²) in [5, 5.41) is 0. The molecule has 2 rings (SSSR count). The van der Waals surface area contributed by atoms with Crippen molar-refractivity contribution in [3.63, 3.8) is 0 Å². The SMILES string of the molecule is CC(N)(CN)C(c1ccccc1)c1ccccc1. The number of nitrogens with two attached hydrogens (primary N) is 2. The maximum Gasteiger partial charge on any atom is 0.0360 e. The lowest BCUT2D eigenvalue weighted by Crippen LogP contribution is -2.49. The van der Waals surface area contributed by atoms with Crippen molar-refractivity contribution in [3.05, 3.63) is 71.8 Å². The highest BCUT2D eigenvalue weighted by atomic mass is 14.8. The molecule has 1 atom stereocenters. The Balaban J connectivity index is 2.49. The van der Waals surface area contributed by atoms with Crippen LogP contribution in [0.2, 0.25) is 0 Å². The summed E-state index contributed by atoms with van der Waals surface area (Å²) in [5.41, 5.74) is 14.2. The Morgan fingerprint density at radius 3 is 1.61 bits per heavy atom. The molecule has 0 heterocycles. The van der Waals surface area contributed by atoms with Crippen molar-refractivity contribution in [1.29, 1.82) is 0 Å². The predicted octanol–water partition coefficient (Wildman–Crippen LogP) is 2.49. The third-order valence-electron chi connectivity index (χ3n) is 3.37. The molecule has 2 aromatic rings. The van der Waals surface area contributed by atoms with Crippen LogP contribution < -0.4 is 11.5 Å². The summed E-state index contributed by atoms with van der Waals surface area (Å²) >= 11 is 0. The van der Waals surface area contributed by atoms with Crippen molar-refractivity contribution in [3.8, 4) is 0 Å². The normalized spacial score (nSPS) is 14.4. The summed E-state index contributed by atoms with van der Waals surface area (Å²) in [7, 11) is 0. The van der Waals surface area contributed by atoms with Gasteiger partial charge in [-0.25, -0.2) is 0 Å². The van der Waals surface area contributed by atoms with E-state index in [0.717, 1.165) is 0 Å². The molecule has 0 bridgehead atoms. The minimum Gasteiger partial charge on any atom is -0.329 e. The fourth-order valence-corrected chi connectivity index (χ4v) is 2.36. The van der Waals surface area contributed by atoms with Crippen LogP contribution in [0.15, 0.2) is 60.7 Å². The quantitative estimate of drug-likeness (QED) is 0.862. The first-order chi connectivity index (χ1) is 8.65. The van der Waals surface area contributed by atoms with Crippen LogP contribution in [0.5, 0.6) is 0 Å². The lowest BCUT2D eigenvalue weighted by Gasteiger charge is -2.34. The Morgan fingerprint density at radius 2 is 1.28 bits per heavy atom. The molecule has 0 saturated carbocycles. The molecule has 0 radical (unpaired) electrons. The van der Waals surface area contributed by atoms with Gasteiger partial charge in [0.15, 0.2) is 0 Å². The second-order valence-electron chi connectivity index (χ2n) is 4.96. The zero-order valence-corrected chi connectivity index (χ0v) is 10.7. The molecule has 0 amide bonds. The van der Waals surface area contributed by atoms with Crippen LogP contribution >= 0.6 is 0 Å². The van der Waals surface area contributed by atoms with E-state index < -0.39 is 5.54 Å². The number of benzene rings is 2. The Kier molecular flexibility index (Phi) is 3.80. The van der Waals surface area contributed by atoms with E-state index in [-0.39, 0.29) is 5.92 Å². The molecular formula is C16H20N2. The van der Waals surface area contributed by atoms with Gasteiger partial charge in [0.2, 0.25) is 0 Å². The minimum absolute atomic E-state index is 0.116. The molecule has 2 nitrogen and oxygen atoms in total. The lowest BCUT2D eigenvalue weighted by atomic mass is 9.77. The molecule has 0 aliphatic rings. The van der Waals surface area contributed by atoms with Crippen LogP contribution in [0, 0.1) is 0 Å². The molecule has 0 aromatic heterocycles. The van der Waals surface area contributed by atoms with Crippen molar-refractivity contribution in [2.24, 2.45) is 11.5 Å². The largest absolute Gasteiger partial charge is 0.329 e. The highest BCUT2D eigenvalue weighted by Crippen LogP contribution is 2.32. The first-order valence-corrected chi connectivity index (χ1v) is 6.24. The average Bonchev–Trinajstić information content (AvgIpc) is 2.41. The number of hydrogen-bond donors (Lipinski definition) is 2. The summed E-state index contributed by atoms with van der Waals surface area (Å²) in [4.78, 5) is 0. The Bertz CT molecular complexity index is 437. The minimum atomic E-state index is -0.456. The van der Waals surface area contributed by atoms with Gasteiger partial charge in [0.25, 0.3) is 0 Å². The number of hydrogen-bond acceptors (Lipinski definition) is 2. The molecule has 94 valence electrons. The molecule has 1 unspecified atom stereocenters. The summed E-state index contributed by atoms with van der Waals surface area (Å²) in [5.74, 6) is 0.116. The lowest BCUT2D eigenvalue weighted by molar-refractivity contribution is 0.425. The highest BCUT2D eigenvalue weighted by molar-refractivity contribution is 5.36. The third kappa shape index (κ3) is 2.61. The second-order valence-corrected chi connectivity index (χ2v) is 4.96. The topological polar surface area (TPSA) is 52.0 Å². The first kappa shape index (κ1) is 12.8. The Morgan fingerprint density at radius 1 is 0.889 bits per heavy atom. The van der Waals surface area contributed by atoms with Gasteiger partial charge < -0.3 is 11.5 Å². The summed E-state index contributed by atoms with van der Waals surface area (Å²) < 4.78 is 0. The van der Waals surface area contributed by atoms with Gasteiger partial charge in [-0.2, -0.15) is 0 Å². The van der Waals surface area contributed by atoms with Crippen LogP contribution in [0.25, 0.3) is 0 Å². The predicted molar refractivity (Wildman–Crippen MR) is 76.4 cm³/mol.